The van der Waals surface area contributed by atoms with Crippen LogP contribution in [0.15, 0.2) is 11.6 Å². The maximum atomic E-state index is 12.3. The Morgan fingerprint density at radius 2 is 1.96 bits per heavy atom. The van der Waals surface area contributed by atoms with Gasteiger partial charge in [-0.3, -0.25) is 9.59 Å². The molecule has 4 aliphatic carbocycles. The summed E-state index contributed by atoms with van der Waals surface area (Å²) in [5.41, 5.74) is 0.544. The minimum atomic E-state index is -0.742. The van der Waals surface area contributed by atoms with Crippen molar-refractivity contribution < 1.29 is 24.9 Å². The fourth-order valence-corrected chi connectivity index (χ4v) is 7.38. The highest BCUT2D eigenvalue weighted by Gasteiger charge is 2.65. The van der Waals surface area contributed by atoms with Crippen molar-refractivity contribution in [2.75, 3.05) is 6.61 Å². The van der Waals surface area contributed by atoms with Crippen molar-refractivity contribution in [2.24, 2.45) is 34.5 Å². The monoisotopic (exact) mass is 362 g/mol. The number of carbonyl (C=O) groups is 2. The number of allylic oxidation sites excluding steroid dienone is 1. The SMILES string of the molecule is CC12CCC(=O)C=C1CCC1C2C(O)CC2(C)C1CC(O)C2C(=O)CO. The van der Waals surface area contributed by atoms with E-state index in [-0.39, 0.29) is 34.7 Å². The maximum Gasteiger partial charge on any atom is 0.164 e. The van der Waals surface area contributed by atoms with Gasteiger partial charge >= 0.3 is 0 Å². The van der Waals surface area contributed by atoms with Crippen molar-refractivity contribution in [1.82, 2.24) is 0 Å². The number of aliphatic hydroxyl groups excluding tert-OH is 3. The molecule has 3 N–H and O–H groups in total. The summed E-state index contributed by atoms with van der Waals surface area (Å²) in [6.45, 7) is 3.65. The molecular formula is C21H30O5. The van der Waals surface area contributed by atoms with Gasteiger partial charge in [0.25, 0.3) is 0 Å². The first kappa shape index (κ1) is 18.3. The number of hydrogen-bond acceptors (Lipinski definition) is 5. The number of carbonyl (C=O) groups excluding carboxylic acids is 2. The fraction of sp³-hybridized carbons (Fsp3) is 0.810. The van der Waals surface area contributed by atoms with Gasteiger partial charge in [0, 0.05) is 6.42 Å². The lowest BCUT2D eigenvalue weighted by atomic mass is 9.46. The van der Waals surface area contributed by atoms with Crippen LogP contribution in [0.25, 0.3) is 0 Å². The van der Waals surface area contributed by atoms with Crippen molar-refractivity contribution in [2.45, 2.75) is 64.6 Å². The normalized spacial score (nSPS) is 50.5. The van der Waals surface area contributed by atoms with E-state index in [4.69, 9.17) is 0 Å². The highest BCUT2D eigenvalue weighted by molar-refractivity contribution is 5.91. The van der Waals surface area contributed by atoms with Gasteiger partial charge < -0.3 is 15.3 Å². The summed E-state index contributed by atoms with van der Waals surface area (Å²) in [7, 11) is 0. The standard InChI is InChI=1S/C21H30O5/c1-20-6-5-12(23)7-11(20)3-4-13-14-8-15(24)19(17(26)10-22)21(14,2)9-16(25)18(13)20/h7,13-16,18-19,22,24-25H,3-6,8-10H2,1-2H3. The van der Waals surface area contributed by atoms with Gasteiger partial charge in [-0.1, -0.05) is 19.4 Å². The van der Waals surface area contributed by atoms with E-state index in [0.717, 1.165) is 19.3 Å². The number of Topliss-reactive ketones (excluding diaryl/α,β-unsaturated/α-hetero) is 1. The van der Waals surface area contributed by atoms with Crippen LogP contribution < -0.4 is 0 Å². The molecule has 0 saturated heterocycles. The topological polar surface area (TPSA) is 94.8 Å². The first-order chi connectivity index (χ1) is 12.2. The Morgan fingerprint density at radius 3 is 2.65 bits per heavy atom. The van der Waals surface area contributed by atoms with E-state index in [0.29, 0.717) is 19.3 Å². The van der Waals surface area contributed by atoms with Crippen molar-refractivity contribution >= 4 is 11.6 Å². The highest BCUT2D eigenvalue weighted by atomic mass is 16.3. The van der Waals surface area contributed by atoms with E-state index in [1.807, 2.05) is 13.0 Å². The molecule has 0 radical (unpaired) electrons. The Kier molecular flexibility index (Phi) is 4.22. The molecule has 8 atom stereocenters. The van der Waals surface area contributed by atoms with Crippen LogP contribution in [0.5, 0.6) is 0 Å². The zero-order chi connectivity index (χ0) is 18.9. The smallest absolute Gasteiger partial charge is 0.164 e. The van der Waals surface area contributed by atoms with Crippen LogP contribution in [0.3, 0.4) is 0 Å². The summed E-state index contributed by atoms with van der Waals surface area (Å²) < 4.78 is 0. The van der Waals surface area contributed by atoms with Crippen molar-refractivity contribution in [3.63, 3.8) is 0 Å². The molecule has 0 aliphatic heterocycles. The summed E-state index contributed by atoms with van der Waals surface area (Å²) in [4.78, 5) is 24.2. The summed E-state index contributed by atoms with van der Waals surface area (Å²) in [6.07, 6.45) is 4.61. The molecule has 4 aliphatic rings. The third kappa shape index (κ3) is 2.33. The minimum Gasteiger partial charge on any atom is -0.393 e. The number of ketones is 2. The van der Waals surface area contributed by atoms with Gasteiger partial charge in [0.2, 0.25) is 0 Å². The molecule has 4 rings (SSSR count). The van der Waals surface area contributed by atoms with E-state index >= 15 is 0 Å². The molecule has 0 spiro atoms. The zero-order valence-corrected chi connectivity index (χ0v) is 15.6. The first-order valence-corrected chi connectivity index (χ1v) is 9.96. The second kappa shape index (κ2) is 5.98. The van der Waals surface area contributed by atoms with Gasteiger partial charge in [-0.05, 0) is 66.8 Å². The molecule has 0 aromatic carbocycles. The minimum absolute atomic E-state index is 0.0730. The second-order valence-corrected chi connectivity index (χ2v) is 9.57. The van der Waals surface area contributed by atoms with Crippen LogP contribution in [0.1, 0.15) is 52.4 Å². The molecule has 0 bridgehead atoms. The van der Waals surface area contributed by atoms with E-state index in [1.165, 1.54) is 5.57 Å². The van der Waals surface area contributed by atoms with E-state index in [9.17, 15) is 24.9 Å². The molecule has 3 fully saturated rings. The Labute approximate surface area is 154 Å². The van der Waals surface area contributed by atoms with Crippen LogP contribution in [0.4, 0.5) is 0 Å². The Balaban J connectivity index is 1.73. The quantitative estimate of drug-likeness (QED) is 0.694. The predicted molar refractivity (Wildman–Crippen MR) is 95.1 cm³/mol. The van der Waals surface area contributed by atoms with Gasteiger partial charge in [-0.15, -0.1) is 0 Å². The average Bonchev–Trinajstić information content (AvgIpc) is 2.84. The molecule has 0 aromatic rings. The van der Waals surface area contributed by atoms with Crippen LogP contribution in [-0.2, 0) is 9.59 Å². The number of hydrogen-bond donors (Lipinski definition) is 3. The van der Waals surface area contributed by atoms with Crippen LogP contribution in [-0.4, -0.2) is 45.7 Å². The molecule has 8 unspecified atom stereocenters. The number of aliphatic hydroxyl groups is 3. The van der Waals surface area contributed by atoms with Gasteiger partial charge in [0.05, 0.1) is 18.1 Å². The Morgan fingerprint density at radius 1 is 1.23 bits per heavy atom. The van der Waals surface area contributed by atoms with Gasteiger partial charge in [-0.25, -0.2) is 0 Å². The molecule has 3 saturated carbocycles. The number of fused-ring (bicyclic) bond motifs is 5. The molecule has 5 nitrogen and oxygen atoms in total. The molecule has 26 heavy (non-hydrogen) atoms. The van der Waals surface area contributed by atoms with Crippen LogP contribution in [0, 0.1) is 34.5 Å². The van der Waals surface area contributed by atoms with E-state index in [2.05, 4.69) is 6.92 Å². The zero-order valence-electron chi connectivity index (χ0n) is 15.6. The summed E-state index contributed by atoms with van der Waals surface area (Å²) in [6, 6.07) is 0. The largest absolute Gasteiger partial charge is 0.393 e. The lowest BCUT2D eigenvalue weighted by molar-refractivity contribution is -0.148. The van der Waals surface area contributed by atoms with Crippen LogP contribution >= 0.6 is 0 Å². The third-order valence-corrected chi connectivity index (χ3v) is 8.42. The summed E-state index contributed by atoms with van der Waals surface area (Å²) in [5, 5.41) is 31.2. The Bertz CT molecular complexity index is 669. The van der Waals surface area contributed by atoms with Crippen molar-refractivity contribution in [3.05, 3.63) is 11.6 Å². The van der Waals surface area contributed by atoms with Crippen molar-refractivity contribution in [3.8, 4) is 0 Å². The average molecular weight is 362 g/mol. The third-order valence-electron chi connectivity index (χ3n) is 8.42. The molecule has 0 amide bonds. The van der Waals surface area contributed by atoms with Crippen LogP contribution in [0.2, 0.25) is 0 Å². The maximum absolute atomic E-state index is 12.3. The Hall–Kier alpha value is -1.04. The lowest BCUT2D eigenvalue weighted by Gasteiger charge is -2.59. The molecule has 5 heteroatoms. The first-order valence-electron chi connectivity index (χ1n) is 9.96. The molecule has 0 aromatic heterocycles. The molecule has 144 valence electrons. The summed E-state index contributed by atoms with van der Waals surface area (Å²) >= 11 is 0. The van der Waals surface area contributed by atoms with E-state index < -0.39 is 30.1 Å². The molecular weight excluding hydrogens is 332 g/mol. The highest BCUT2D eigenvalue weighted by Crippen LogP contribution is 2.66. The number of rotatable bonds is 2. The fourth-order valence-electron chi connectivity index (χ4n) is 7.38. The van der Waals surface area contributed by atoms with Crippen molar-refractivity contribution in [1.29, 1.82) is 0 Å². The van der Waals surface area contributed by atoms with Gasteiger partial charge in [0.1, 0.15) is 6.61 Å². The summed E-state index contributed by atoms with van der Waals surface area (Å²) in [5.74, 6) is -0.225. The van der Waals surface area contributed by atoms with Gasteiger partial charge in [-0.2, -0.15) is 0 Å². The predicted octanol–water partition coefficient (Wildman–Crippen LogP) is 1.64. The van der Waals surface area contributed by atoms with Gasteiger partial charge in [0.15, 0.2) is 11.6 Å². The van der Waals surface area contributed by atoms with E-state index in [1.54, 1.807) is 0 Å². The molecule has 0 heterocycles. The second-order valence-electron chi connectivity index (χ2n) is 9.57. The lowest BCUT2D eigenvalue weighted by Crippen LogP contribution is -2.57.